The second-order valence-electron chi connectivity index (χ2n) is 5.82. The highest BCUT2D eigenvalue weighted by molar-refractivity contribution is 7.98. The lowest BCUT2D eigenvalue weighted by molar-refractivity contribution is 0.586. The molecular weight excluding hydrogens is 264 g/mol. The van der Waals surface area contributed by atoms with E-state index in [1.165, 1.54) is 0 Å². The van der Waals surface area contributed by atoms with Gasteiger partial charge in [-0.1, -0.05) is 63.2 Å². The Kier molecular flexibility index (Phi) is 4.34. The second kappa shape index (κ2) is 5.84. The van der Waals surface area contributed by atoms with Gasteiger partial charge in [0.15, 0.2) is 5.43 Å². The van der Waals surface area contributed by atoms with E-state index in [0.717, 1.165) is 21.6 Å². The fraction of sp³-hybridized carbons (Fsp3) is 0.278. The summed E-state index contributed by atoms with van der Waals surface area (Å²) in [5.74, 6) is 0. The standard InChI is InChI=1S/C18H20OS/c1-18(2,3)15-11-7-5-10-14(17(15)19)13-9-6-8-12-16(13)20-4/h5-12H,1-4H3. The molecule has 0 spiro atoms. The summed E-state index contributed by atoms with van der Waals surface area (Å²) in [4.78, 5) is 14.0. The SMILES string of the molecule is CSc1ccccc1-c1ccccc(C(C)(C)C)c1=O. The lowest BCUT2D eigenvalue weighted by Gasteiger charge is -2.17. The van der Waals surface area contributed by atoms with Crippen LogP contribution >= 0.6 is 11.8 Å². The largest absolute Gasteiger partial charge is 0.289 e. The number of rotatable bonds is 2. The zero-order chi connectivity index (χ0) is 14.8. The van der Waals surface area contributed by atoms with Crippen LogP contribution in [0, 0.1) is 0 Å². The molecule has 0 amide bonds. The monoisotopic (exact) mass is 284 g/mol. The molecule has 0 aliphatic heterocycles. The van der Waals surface area contributed by atoms with Gasteiger partial charge >= 0.3 is 0 Å². The molecule has 0 N–H and O–H groups in total. The van der Waals surface area contributed by atoms with Crippen LogP contribution < -0.4 is 5.43 Å². The Balaban J connectivity index is 2.77. The van der Waals surface area contributed by atoms with Crippen LogP contribution in [0.2, 0.25) is 0 Å². The van der Waals surface area contributed by atoms with Crippen LogP contribution in [-0.2, 0) is 5.41 Å². The van der Waals surface area contributed by atoms with E-state index in [1.54, 1.807) is 11.8 Å². The van der Waals surface area contributed by atoms with E-state index >= 15 is 0 Å². The molecule has 0 heterocycles. The average Bonchev–Trinajstić information content (AvgIpc) is 2.60. The molecule has 0 saturated heterocycles. The lowest BCUT2D eigenvalue weighted by atomic mass is 9.86. The summed E-state index contributed by atoms with van der Waals surface area (Å²) in [6.07, 6.45) is 2.04. The van der Waals surface area contributed by atoms with Crippen molar-refractivity contribution in [1.29, 1.82) is 0 Å². The van der Waals surface area contributed by atoms with E-state index in [4.69, 9.17) is 0 Å². The molecule has 2 heteroatoms. The van der Waals surface area contributed by atoms with Gasteiger partial charge in [-0.3, -0.25) is 4.79 Å². The van der Waals surface area contributed by atoms with Gasteiger partial charge in [-0.05, 0) is 23.3 Å². The fourth-order valence-electron chi connectivity index (χ4n) is 2.27. The van der Waals surface area contributed by atoms with Crippen LogP contribution in [0.1, 0.15) is 26.3 Å². The first-order valence-electron chi connectivity index (χ1n) is 6.72. The third-order valence-corrected chi connectivity index (χ3v) is 4.13. The van der Waals surface area contributed by atoms with Crippen LogP contribution in [-0.4, -0.2) is 6.26 Å². The molecule has 0 fully saturated rings. The summed E-state index contributed by atoms with van der Waals surface area (Å²) in [7, 11) is 0. The molecule has 0 bridgehead atoms. The van der Waals surface area contributed by atoms with Gasteiger partial charge in [0.25, 0.3) is 0 Å². The van der Waals surface area contributed by atoms with Gasteiger partial charge in [-0.15, -0.1) is 11.8 Å². The molecule has 2 aromatic carbocycles. The van der Waals surface area contributed by atoms with E-state index < -0.39 is 0 Å². The Hall–Kier alpha value is -1.54. The number of thioether (sulfide) groups is 1. The van der Waals surface area contributed by atoms with Gasteiger partial charge in [0.1, 0.15) is 0 Å². The molecule has 20 heavy (non-hydrogen) atoms. The Morgan fingerprint density at radius 1 is 0.850 bits per heavy atom. The molecular formula is C18H20OS. The van der Waals surface area contributed by atoms with Gasteiger partial charge in [-0.2, -0.15) is 0 Å². The maximum Gasteiger partial charge on any atom is 0.190 e. The third-order valence-electron chi connectivity index (χ3n) is 3.33. The first-order chi connectivity index (χ1) is 9.45. The average molecular weight is 284 g/mol. The molecule has 0 radical (unpaired) electrons. The van der Waals surface area contributed by atoms with E-state index in [-0.39, 0.29) is 10.8 Å². The number of benzene rings is 1. The molecule has 104 valence electrons. The molecule has 2 rings (SSSR count). The summed E-state index contributed by atoms with van der Waals surface area (Å²) in [6, 6.07) is 15.8. The number of hydrogen-bond acceptors (Lipinski definition) is 2. The van der Waals surface area contributed by atoms with Crippen molar-refractivity contribution in [1.82, 2.24) is 0 Å². The minimum Gasteiger partial charge on any atom is -0.289 e. The van der Waals surface area contributed by atoms with Crippen molar-refractivity contribution in [3.8, 4) is 11.1 Å². The van der Waals surface area contributed by atoms with E-state index in [9.17, 15) is 4.79 Å². The minimum absolute atomic E-state index is 0.129. The van der Waals surface area contributed by atoms with Crippen LogP contribution in [0.15, 0.2) is 58.2 Å². The first-order valence-corrected chi connectivity index (χ1v) is 7.95. The maximum absolute atomic E-state index is 12.9. The van der Waals surface area contributed by atoms with Gasteiger partial charge in [0, 0.05) is 16.0 Å². The van der Waals surface area contributed by atoms with Crippen molar-refractivity contribution < 1.29 is 0 Å². The summed E-state index contributed by atoms with van der Waals surface area (Å²) in [6.45, 7) is 6.23. The van der Waals surface area contributed by atoms with Gasteiger partial charge in [-0.25, -0.2) is 0 Å². The molecule has 0 atom stereocenters. The van der Waals surface area contributed by atoms with Crippen LogP contribution in [0.3, 0.4) is 0 Å². The van der Waals surface area contributed by atoms with E-state index in [1.807, 2.05) is 48.7 Å². The van der Waals surface area contributed by atoms with Gasteiger partial charge in [0.05, 0.1) is 0 Å². The zero-order valence-corrected chi connectivity index (χ0v) is 13.3. The molecule has 2 aromatic rings. The molecule has 0 saturated carbocycles. The highest BCUT2D eigenvalue weighted by Crippen LogP contribution is 2.29. The predicted octanol–water partition coefficient (Wildman–Crippen LogP) is 4.73. The Labute approximate surface area is 125 Å². The fourth-order valence-corrected chi connectivity index (χ4v) is 2.88. The molecule has 0 aromatic heterocycles. The highest BCUT2D eigenvalue weighted by atomic mass is 32.2. The summed E-state index contributed by atoms with van der Waals surface area (Å²) < 4.78 is 0. The first kappa shape index (κ1) is 14.9. The Morgan fingerprint density at radius 3 is 2.00 bits per heavy atom. The topological polar surface area (TPSA) is 17.1 Å². The summed E-state index contributed by atoms with van der Waals surface area (Å²) in [5, 5.41) is 0. The minimum atomic E-state index is -0.154. The van der Waals surface area contributed by atoms with Gasteiger partial charge in [0.2, 0.25) is 0 Å². The smallest absolute Gasteiger partial charge is 0.190 e. The summed E-state index contributed by atoms with van der Waals surface area (Å²) in [5.41, 5.74) is 2.63. The molecule has 0 aliphatic carbocycles. The maximum atomic E-state index is 12.9. The Bertz CT molecular complexity index is 669. The molecule has 0 aliphatic rings. The van der Waals surface area contributed by atoms with Crippen LogP contribution in [0.5, 0.6) is 0 Å². The third kappa shape index (κ3) is 2.96. The zero-order valence-electron chi connectivity index (χ0n) is 12.4. The van der Waals surface area contributed by atoms with Crippen molar-refractivity contribution in [3.63, 3.8) is 0 Å². The van der Waals surface area contributed by atoms with Crippen molar-refractivity contribution in [2.45, 2.75) is 31.1 Å². The van der Waals surface area contributed by atoms with Crippen LogP contribution in [0.4, 0.5) is 0 Å². The molecule has 1 nitrogen and oxygen atoms in total. The van der Waals surface area contributed by atoms with E-state index in [2.05, 4.69) is 26.8 Å². The van der Waals surface area contributed by atoms with Crippen molar-refractivity contribution in [3.05, 3.63) is 64.3 Å². The lowest BCUT2D eigenvalue weighted by Crippen LogP contribution is -2.21. The van der Waals surface area contributed by atoms with Crippen molar-refractivity contribution in [2.24, 2.45) is 0 Å². The Morgan fingerprint density at radius 2 is 1.40 bits per heavy atom. The van der Waals surface area contributed by atoms with E-state index in [0.29, 0.717) is 0 Å². The van der Waals surface area contributed by atoms with Gasteiger partial charge < -0.3 is 0 Å². The number of hydrogen-bond donors (Lipinski definition) is 0. The summed E-state index contributed by atoms with van der Waals surface area (Å²) >= 11 is 1.67. The van der Waals surface area contributed by atoms with Crippen molar-refractivity contribution >= 4 is 11.8 Å². The normalized spacial score (nSPS) is 11.4. The second-order valence-corrected chi connectivity index (χ2v) is 6.67. The molecule has 0 unspecified atom stereocenters. The quantitative estimate of drug-likeness (QED) is 0.741. The predicted molar refractivity (Wildman–Crippen MR) is 88.6 cm³/mol. The highest BCUT2D eigenvalue weighted by Gasteiger charge is 2.19. The van der Waals surface area contributed by atoms with Crippen molar-refractivity contribution in [2.75, 3.05) is 6.26 Å². The van der Waals surface area contributed by atoms with Crippen LogP contribution in [0.25, 0.3) is 11.1 Å².